The van der Waals surface area contributed by atoms with Gasteiger partial charge in [0.2, 0.25) is 0 Å². The third-order valence-electron chi connectivity index (χ3n) is 4.33. The first-order valence-electron chi connectivity index (χ1n) is 8.16. The summed E-state index contributed by atoms with van der Waals surface area (Å²) in [7, 11) is 1.51. The molecule has 1 amide bonds. The molecule has 6 nitrogen and oxygen atoms in total. The van der Waals surface area contributed by atoms with Crippen molar-refractivity contribution in [2.75, 3.05) is 20.3 Å². The Labute approximate surface area is 150 Å². The van der Waals surface area contributed by atoms with Crippen LogP contribution in [0.25, 0.3) is 5.76 Å². The summed E-state index contributed by atoms with van der Waals surface area (Å²) in [6.45, 7) is 0.463. The van der Waals surface area contributed by atoms with Crippen molar-refractivity contribution >= 4 is 17.4 Å². The van der Waals surface area contributed by atoms with Crippen LogP contribution < -0.4 is 0 Å². The lowest BCUT2D eigenvalue weighted by atomic mass is 9.95. The van der Waals surface area contributed by atoms with Gasteiger partial charge in [-0.2, -0.15) is 0 Å². The number of Topliss-reactive ketones (excluding diaryl/α,β-unsaturated/α-hetero) is 1. The van der Waals surface area contributed by atoms with Crippen LogP contribution in [0, 0.1) is 0 Å². The van der Waals surface area contributed by atoms with Gasteiger partial charge in [-0.1, -0.05) is 42.5 Å². The molecule has 134 valence electrons. The van der Waals surface area contributed by atoms with Crippen molar-refractivity contribution < 1.29 is 24.5 Å². The van der Waals surface area contributed by atoms with Crippen LogP contribution in [-0.4, -0.2) is 47.1 Å². The largest absolute Gasteiger partial charge is 0.508 e. The molecule has 0 bridgehead atoms. The topological polar surface area (TPSA) is 87.1 Å². The fraction of sp³-hybridized carbons (Fsp3) is 0.200. The fourth-order valence-corrected chi connectivity index (χ4v) is 3.05. The Morgan fingerprint density at radius 2 is 1.73 bits per heavy atom. The standard InChI is InChI=1S/C20H19NO5/c1-26-12-11-21-17(13-7-9-15(22)10-8-13)16(19(24)20(21)25)18(23)14-5-3-2-4-6-14/h2-10,17,22-23H,11-12H2,1H3/t17-/m1/s1. The lowest BCUT2D eigenvalue weighted by Crippen LogP contribution is -2.32. The summed E-state index contributed by atoms with van der Waals surface area (Å²) in [5.74, 6) is -1.56. The number of ether oxygens (including phenoxy) is 1. The summed E-state index contributed by atoms with van der Waals surface area (Å²) in [5.41, 5.74) is 1.11. The van der Waals surface area contributed by atoms with E-state index in [1.54, 1.807) is 42.5 Å². The van der Waals surface area contributed by atoms with Crippen molar-refractivity contribution in [2.45, 2.75) is 6.04 Å². The molecule has 6 heteroatoms. The second-order valence-corrected chi connectivity index (χ2v) is 5.94. The molecule has 26 heavy (non-hydrogen) atoms. The number of likely N-dealkylation sites (tertiary alicyclic amines) is 1. The maximum atomic E-state index is 12.6. The van der Waals surface area contributed by atoms with Gasteiger partial charge in [0.05, 0.1) is 18.2 Å². The van der Waals surface area contributed by atoms with Crippen LogP contribution in [-0.2, 0) is 14.3 Å². The first-order valence-corrected chi connectivity index (χ1v) is 8.16. The molecule has 0 radical (unpaired) electrons. The summed E-state index contributed by atoms with van der Waals surface area (Å²) in [4.78, 5) is 26.6. The van der Waals surface area contributed by atoms with Gasteiger partial charge in [0.15, 0.2) is 0 Å². The van der Waals surface area contributed by atoms with E-state index in [1.807, 2.05) is 0 Å². The molecule has 0 spiro atoms. The van der Waals surface area contributed by atoms with Crippen LogP contribution in [0.5, 0.6) is 5.75 Å². The van der Waals surface area contributed by atoms with Gasteiger partial charge in [0.1, 0.15) is 11.5 Å². The van der Waals surface area contributed by atoms with Gasteiger partial charge in [-0.25, -0.2) is 0 Å². The van der Waals surface area contributed by atoms with Gasteiger partial charge in [0, 0.05) is 19.2 Å². The minimum Gasteiger partial charge on any atom is -0.508 e. The minimum atomic E-state index is -0.744. The second-order valence-electron chi connectivity index (χ2n) is 5.94. The van der Waals surface area contributed by atoms with Crippen LogP contribution in [0.2, 0.25) is 0 Å². The molecule has 1 atom stereocenters. The summed E-state index contributed by atoms with van der Waals surface area (Å²) < 4.78 is 5.05. The molecule has 1 heterocycles. The predicted octanol–water partition coefficient (Wildman–Crippen LogP) is 2.46. The first kappa shape index (κ1) is 17.7. The van der Waals surface area contributed by atoms with E-state index in [4.69, 9.17) is 4.74 Å². The number of amides is 1. The number of rotatable bonds is 5. The number of methoxy groups -OCH3 is 1. The third-order valence-corrected chi connectivity index (χ3v) is 4.33. The number of aromatic hydroxyl groups is 1. The number of aliphatic hydroxyl groups is 1. The number of phenols is 1. The molecule has 0 aliphatic carbocycles. The highest BCUT2D eigenvalue weighted by atomic mass is 16.5. The molecule has 0 unspecified atom stereocenters. The van der Waals surface area contributed by atoms with Gasteiger partial charge in [-0.05, 0) is 17.7 Å². The fourth-order valence-electron chi connectivity index (χ4n) is 3.05. The average molecular weight is 353 g/mol. The summed E-state index contributed by atoms with van der Waals surface area (Å²) in [5, 5.41) is 20.3. The highest BCUT2D eigenvalue weighted by Crippen LogP contribution is 2.39. The Bertz CT molecular complexity index is 842. The molecule has 0 aromatic heterocycles. The molecule has 3 rings (SSSR count). The van der Waals surface area contributed by atoms with E-state index in [2.05, 4.69) is 0 Å². The van der Waals surface area contributed by atoms with E-state index in [0.717, 1.165) is 0 Å². The van der Waals surface area contributed by atoms with E-state index >= 15 is 0 Å². The van der Waals surface area contributed by atoms with Gasteiger partial charge >= 0.3 is 0 Å². The number of hydrogen-bond acceptors (Lipinski definition) is 5. The Balaban J connectivity index is 2.15. The number of phenolic OH excluding ortho intramolecular Hbond substituents is 1. The van der Waals surface area contributed by atoms with Crippen molar-refractivity contribution in [2.24, 2.45) is 0 Å². The van der Waals surface area contributed by atoms with Crippen molar-refractivity contribution in [3.63, 3.8) is 0 Å². The van der Waals surface area contributed by atoms with Gasteiger partial charge < -0.3 is 19.8 Å². The van der Waals surface area contributed by atoms with Crippen molar-refractivity contribution in [1.29, 1.82) is 0 Å². The van der Waals surface area contributed by atoms with Crippen LogP contribution in [0.3, 0.4) is 0 Å². The number of carbonyl (C=O) groups is 2. The van der Waals surface area contributed by atoms with Crippen molar-refractivity contribution in [1.82, 2.24) is 4.90 Å². The monoisotopic (exact) mass is 353 g/mol. The number of benzene rings is 2. The third kappa shape index (κ3) is 3.19. The predicted molar refractivity (Wildman–Crippen MR) is 95.4 cm³/mol. The van der Waals surface area contributed by atoms with Crippen LogP contribution in [0.1, 0.15) is 17.2 Å². The lowest BCUT2D eigenvalue weighted by Gasteiger charge is -2.25. The molecule has 1 saturated heterocycles. The van der Waals surface area contributed by atoms with E-state index in [9.17, 15) is 19.8 Å². The highest BCUT2D eigenvalue weighted by Gasteiger charge is 2.45. The number of hydrogen-bond donors (Lipinski definition) is 2. The smallest absolute Gasteiger partial charge is 0.295 e. The second kappa shape index (κ2) is 7.41. The van der Waals surface area contributed by atoms with Crippen LogP contribution in [0.4, 0.5) is 0 Å². The van der Waals surface area contributed by atoms with E-state index in [1.165, 1.54) is 24.1 Å². The molecule has 1 fully saturated rings. The molecule has 0 saturated carbocycles. The molecule has 2 aromatic carbocycles. The van der Waals surface area contributed by atoms with Gasteiger partial charge in [-0.15, -0.1) is 0 Å². The van der Waals surface area contributed by atoms with Gasteiger partial charge in [0.25, 0.3) is 11.7 Å². The Morgan fingerprint density at radius 1 is 1.08 bits per heavy atom. The van der Waals surface area contributed by atoms with Crippen molar-refractivity contribution in [3.05, 3.63) is 71.3 Å². The quantitative estimate of drug-likeness (QED) is 0.490. The molecule has 2 aromatic rings. The van der Waals surface area contributed by atoms with Crippen molar-refractivity contribution in [3.8, 4) is 5.75 Å². The maximum Gasteiger partial charge on any atom is 0.295 e. The number of nitrogens with zero attached hydrogens (tertiary/aromatic N) is 1. The van der Waals surface area contributed by atoms with Crippen LogP contribution >= 0.6 is 0 Å². The van der Waals surface area contributed by atoms with Gasteiger partial charge in [-0.3, -0.25) is 9.59 Å². The average Bonchev–Trinajstić information content (AvgIpc) is 2.91. The highest BCUT2D eigenvalue weighted by molar-refractivity contribution is 6.46. The minimum absolute atomic E-state index is 0.0305. The Morgan fingerprint density at radius 3 is 2.35 bits per heavy atom. The zero-order chi connectivity index (χ0) is 18.7. The molecular weight excluding hydrogens is 334 g/mol. The lowest BCUT2D eigenvalue weighted by molar-refractivity contribution is -0.140. The maximum absolute atomic E-state index is 12.6. The SMILES string of the molecule is COCCN1C(=O)C(=O)C(=C(O)c2ccccc2)[C@H]1c1ccc(O)cc1. The summed E-state index contributed by atoms with van der Waals surface area (Å²) >= 11 is 0. The molecule has 2 N–H and O–H groups in total. The number of ketones is 1. The Kier molecular flexibility index (Phi) is 5.04. The zero-order valence-electron chi connectivity index (χ0n) is 14.3. The van der Waals surface area contributed by atoms with E-state index < -0.39 is 17.7 Å². The normalized spacial score (nSPS) is 19.1. The van der Waals surface area contributed by atoms with E-state index in [-0.39, 0.29) is 30.2 Å². The molecular formula is C20H19NO5. The van der Waals surface area contributed by atoms with E-state index in [0.29, 0.717) is 11.1 Å². The number of aliphatic hydroxyl groups excluding tert-OH is 1. The summed E-state index contributed by atoms with van der Waals surface area (Å²) in [6.07, 6.45) is 0. The Hall–Kier alpha value is -3.12. The molecule has 1 aliphatic heterocycles. The van der Waals surface area contributed by atoms with Crippen LogP contribution in [0.15, 0.2) is 60.2 Å². The first-order chi connectivity index (χ1) is 12.5. The molecule has 1 aliphatic rings. The summed E-state index contributed by atoms with van der Waals surface area (Å²) in [6, 6.07) is 14.1. The number of carbonyl (C=O) groups excluding carboxylic acids is 2. The zero-order valence-corrected chi connectivity index (χ0v) is 14.3.